The summed E-state index contributed by atoms with van der Waals surface area (Å²) in [7, 11) is -4.20. The third-order valence-corrected chi connectivity index (χ3v) is 7.18. The molecule has 0 fully saturated rings. The Labute approximate surface area is 222 Å². The van der Waals surface area contributed by atoms with E-state index in [0.29, 0.717) is 6.42 Å². The van der Waals surface area contributed by atoms with E-state index in [9.17, 15) is 13.2 Å². The second-order valence-electron chi connectivity index (χ2n) is 8.44. The number of rotatable bonds is 10. The van der Waals surface area contributed by atoms with Gasteiger partial charge in [-0.3, -0.25) is 4.79 Å². The number of carbonyl (C=O) groups is 1. The maximum atomic E-state index is 12.6. The van der Waals surface area contributed by atoms with E-state index in [1.54, 1.807) is 24.3 Å². The molecule has 2 aromatic heterocycles. The molecule has 0 saturated heterocycles. The van der Waals surface area contributed by atoms with Gasteiger partial charge in [0.15, 0.2) is 0 Å². The number of esters is 1. The molecule has 0 aliphatic carbocycles. The van der Waals surface area contributed by atoms with Crippen molar-refractivity contribution >= 4 is 37.7 Å². The van der Waals surface area contributed by atoms with Gasteiger partial charge in [-0.2, -0.15) is 13.1 Å². The van der Waals surface area contributed by atoms with Crippen LogP contribution in [-0.4, -0.2) is 35.6 Å². The van der Waals surface area contributed by atoms with Gasteiger partial charge in [0.25, 0.3) is 10.2 Å². The maximum Gasteiger partial charge on any atom is 0.325 e. The van der Waals surface area contributed by atoms with Crippen molar-refractivity contribution in [2.24, 2.45) is 5.14 Å². The first-order valence-corrected chi connectivity index (χ1v) is 14.0. The Bertz CT molecular complexity index is 1650. The van der Waals surface area contributed by atoms with Crippen molar-refractivity contribution in [2.45, 2.75) is 25.5 Å². The Morgan fingerprint density at radius 1 is 0.974 bits per heavy atom. The number of benzene rings is 3. The fourth-order valence-corrected chi connectivity index (χ4v) is 5.38. The first kappa shape index (κ1) is 25.7. The van der Waals surface area contributed by atoms with E-state index in [2.05, 4.69) is 38.1 Å². The molecule has 3 N–H and O–H groups in total. The lowest BCUT2D eigenvalue weighted by molar-refractivity contribution is -0.147. The van der Waals surface area contributed by atoms with Crippen molar-refractivity contribution in [3.8, 4) is 11.1 Å². The molecule has 12 heteroatoms. The second-order valence-corrected chi connectivity index (χ2v) is 10.9. The Hall–Kier alpha value is -3.97. The molecule has 2 heterocycles. The summed E-state index contributed by atoms with van der Waals surface area (Å²) >= 11 is 1.52. The highest BCUT2D eigenvalue weighted by atomic mass is 32.2. The molecule has 38 heavy (non-hydrogen) atoms. The summed E-state index contributed by atoms with van der Waals surface area (Å²) in [5.41, 5.74) is 3.83. The molecule has 0 amide bonds. The van der Waals surface area contributed by atoms with Gasteiger partial charge < -0.3 is 9.15 Å². The van der Waals surface area contributed by atoms with Crippen LogP contribution in [0.1, 0.15) is 22.4 Å². The summed E-state index contributed by atoms with van der Waals surface area (Å²) < 4.78 is 37.3. The highest BCUT2D eigenvalue weighted by molar-refractivity contribution is 7.87. The van der Waals surface area contributed by atoms with E-state index in [1.807, 2.05) is 36.4 Å². The van der Waals surface area contributed by atoms with Gasteiger partial charge >= 0.3 is 5.97 Å². The van der Waals surface area contributed by atoms with Crippen molar-refractivity contribution in [3.05, 3.63) is 101 Å². The largest absolute Gasteiger partial charge is 0.460 e. The Morgan fingerprint density at radius 2 is 1.68 bits per heavy atom. The zero-order valence-electron chi connectivity index (χ0n) is 20.0. The van der Waals surface area contributed by atoms with E-state index in [4.69, 9.17) is 14.3 Å². The van der Waals surface area contributed by atoms with Crippen LogP contribution in [0.4, 0.5) is 0 Å². The van der Waals surface area contributed by atoms with Gasteiger partial charge in [-0.25, -0.2) is 10.1 Å². The zero-order valence-corrected chi connectivity index (χ0v) is 21.6. The first-order valence-electron chi connectivity index (χ1n) is 11.6. The first-order chi connectivity index (χ1) is 18.3. The molecule has 3 aromatic carbocycles. The molecule has 0 bridgehead atoms. The summed E-state index contributed by atoms with van der Waals surface area (Å²) in [6.45, 7) is -0.0266. The minimum atomic E-state index is -4.20. The summed E-state index contributed by atoms with van der Waals surface area (Å²) in [6, 6.07) is 23.8. The summed E-state index contributed by atoms with van der Waals surface area (Å²) in [4.78, 5) is 17.3. The number of fused-ring (bicyclic) bond motifs is 1. The maximum absolute atomic E-state index is 12.6. The normalized spacial score (nSPS) is 12.4. The SMILES string of the molecule is NS(=O)(=O)NC(Cc1nnc(Cc2nc3ccc(-c4ccccc4)cc3s2)o1)C(=O)OCc1ccccc1. The van der Waals surface area contributed by atoms with Crippen molar-refractivity contribution in [1.82, 2.24) is 19.9 Å². The molecule has 5 aromatic rings. The van der Waals surface area contributed by atoms with Gasteiger partial charge in [0.2, 0.25) is 11.8 Å². The molecule has 0 spiro atoms. The third-order valence-electron chi connectivity index (χ3n) is 5.54. The summed E-state index contributed by atoms with van der Waals surface area (Å²) in [5.74, 6) is -0.470. The molecular weight excluding hydrogens is 526 g/mol. The van der Waals surface area contributed by atoms with E-state index >= 15 is 0 Å². The molecular formula is C26H23N5O5S2. The van der Waals surface area contributed by atoms with Gasteiger partial charge in [0, 0.05) is 0 Å². The molecule has 0 radical (unpaired) electrons. The minimum absolute atomic E-state index is 0.0266. The van der Waals surface area contributed by atoms with Crippen molar-refractivity contribution in [3.63, 3.8) is 0 Å². The molecule has 5 rings (SSSR count). The highest BCUT2D eigenvalue weighted by Crippen LogP contribution is 2.29. The number of aromatic nitrogens is 3. The number of nitrogens with zero attached hydrogens (tertiary/aromatic N) is 3. The van der Waals surface area contributed by atoms with E-state index in [0.717, 1.165) is 31.9 Å². The number of nitrogens with two attached hydrogens (primary N) is 1. The molecule has 1 unspecified atom stereocenters. The Balaban J connectivity index is 1.27. The van der Waals surface area contributed by atoms with Crippen LogP contribution in [0.5, 0.6) is 0 Å². The number of ether oxygens (including phenoxy) is 1. The van der Waals surface area contributed by atoms with E-state index in [-0.39, 0.29) is 24.8 Å². The van der Waals surface area contributed by atoms with Crippen LogP contribution >= 0.6 is 11.3 Å². The van der Waals surface area contributed by atoms with Gasteiger partial charge in [-0.15, -0.1) is 21.5 Å². The molecule has 0 aliphatic heterocycles. The molecule has 0 saturated carbocycles. The van der Waals surface area contributed by atoms with Gasteiger partial charge in [0.05, 0.1) is 23.1 Å². The van der Waals surface area contributed by atoms with Crippen LogP contribution in [0.2, 0.25) is 0 Å². The van der Waals surface area contributed by atoms with Gasteiger partial charge in [-0.1, -0.05) is 66.7 Å². The lowest BCUT2D eigenvalue weighted by Crippen LogP contribution is -2.46. The highest BCUT2D eigenvalue weighted by Gasteiger charge is 2.27. The quantitative estimate of drug-likeness (QED) is 0.252. The van der Waals surface area contributed by atoms with Crippen LogP contribution in [0.25, 0.3) is 21.3 Å². The fourth-order valence-electron chi connectivity index (χ4n) is 3.81. The topological polar surface area (TPSA) is 150 Å². The monoisotopic (exact) mass is 549 g/mol. The lowest BCUT2D eigenvalue weighted by Gasteiger charge is -2.14. The van der Waals surface area contributed by atoms with Crippen LogP contribution in [0, 0.1) is 0 Å². The average molecular weight is 550 g/mol. The fraction of sp³-hybridized carbons (Fsp3) is 0.154. The second kappa shape index (κ2) is 11.2. The van der Waals surface area contributed by atoms with Gasteiger partial charge in [0.1, 0.15) is 17.7 Å². The summed E-state index contributed by atoms with van der Waals surface area (Å²) in [6.07, 6.45) is 0.0656. The van der Waals surface area contributed by atoms with Crippen LogP contribution < -0.4 is 9.86 Å². The van der Waals surface area contributed by atoms with Crippen molar-refractivity contribution < 1.29 is 22.4 Å². The molecule has 194 valence electrons. The molecule has 0 aliphatic rings. The van der Waals surface area contributed by atoms with Crippen LogP contribution in [0.15, 0.2) is 83.3 Å². The van der Waals surface area contributed by atoms with E-state index in [1.165, 1.54) is 11.3 Å². The molecule has 1 atom stereocenters. The standard InChI is InChI=1S/C26H23N5O5S2/c27-38(33,34)31-21(26(32)35-16-17-7-3-1-4-8-17)14-23-29-30-24(36-23)15-25-28-20-12-11-19(13-22(20)37-25)18-9-5-2-6-10-18/h1-13,21,31H,14-16H2,(H2,27,33,34). The predicted octanol–water partition coefficient (Wildman–Crippen LogP) is 3.38. The van der Waals surface area contributed by atoms with Crippen molar-refractivity contribution in [1.29, 1.82) is 0 Å². The summed E-state index contributed by atoms with van der Waals surface area (Å²) in [5, 5.41) is 13.9. The number of hydrogen-bond acceptors (Lipinski definition) is 9. The Morgan fingerprint density at radius 3 is 2.42 bits per heavy atom. The van der Waals surface area contributed by atoms with Crippen LogP contribution in [0.3, 0.4) is 0 Å². The average Bonchev–Trinajstić information content (AvgIpc) is 3.52. The number of carbonyl (C=O) groups excluding carboxylic acids is 1. The number of hydrogen-bond donors (Lipinski definition) is 2. The van der Waals surface area contributed by atoms with Crippen LogP contribution in [-0.2, 0) is 39.2 Å². The van der Waals surface area contributed by atoms with Crippen molar-refractivity contribution in [2.75, 3.05) is 0 Å². The Kier molecular flexibility index (Phi) is 7.56. The van der Waals surface area contributed by atoms with Gasteiger partial charge in [-0.05, 0) is 28.8 Å². The number of nitrogens with one attached hydrogen (secondary N) is 1. The van der Waals surface area contributed by atoms with E-state index < -0.39 is 22.2 Å². The number of thiazole rings is 1. The molecule has 10 nitrogen and oxygen atoms in total. The zero-order chi connectivity index (χ0) is 26.5. The minimum Gasteiger partial charge on any atom is -0.460 e. The predicted molar refractivity (Wildman–Crippen MR) is 142 cm³/mol. The smallest absolute Gasteiger partial charge is 0.325 e. The lowest BCUT2D eigenvalue weighted by atomic mass is 10.1. The third kappa shape index (κ3) is 6.66.